The summed E-state index contributed by atoms with van der Waals surface area (Å²) in [6.07, 6.45) is -1.83. The average molecular weight is 389 g/mol. The lowest BCUT2D eigenvalue weighted by Crippen LogP contribution is -2.46. The number of piperidine rings is 1. The first-order valence-electron chi connectivity index (χ1n) is 8.61. The molecule has 26 heavy (non-hydrogen) atoms. The first kappa shape index (κ1) is 19.0. The predicted molar refractivity (Wildman–Crippen MR) is 91.7 cm³/mol. The normalized spacial score (nSPS) is 22.0. The van der Waals surface area contributed by atoms with E-state index in [-0.39, 0.29) is 11.6 Å². The van der Waals surface area contributed by atoms with Crippen molar-refractivity contribution in [2.24, 2.45) is 11.3 Å². The molecule has 1 aromatic rings. The molecule has 0 spiro atoms. The van der Waals surface area contributed by atoms with E-state index >= 15 is 0 Å². The van der Waals surface area contributed by atoms with Gasteiger partial charge in [-0.2, -0.15) is 13.2 Å². The van der Waals surface area contributed by atoms with Crippen LogP contribution in [0.25, 0.3) is 0 Å². The van der Waals surface area contributed by atoms with Gasteiger partial charge < -0.3 is 10.2 Å². The first-order valence-corrected chi connectivity index (χ1v) is 8.99. The van der Waals surface area contributed by atoms with Crippen LogP contribution in [0.15, 0.2) is 18.2 Å². The fourth-order valence-electron chi connectivity index (χ4n) is 3.41. The number of hydrogen-bond acceptors (Lipinski definition) is 2. The Morgan fingerprint density at radius 2 is 2.00 bits per heavy atom. The smallest absolute Gasteiger partial charge is 0.342 e. The number of halogens is 4. The number of rotatable bonds is 3. The van der Waals surface area contributed by atoms with Crippen molar-refractivity contribution in [2.45, 2.75) is 38.8 Å². The number of hydrogen-bond donors (Lipinski definition) is 1. The Balaban J connectivity index is 1.75. The van der Waals surface area contributed by atoms with Crippen molar-refractivity contribution in [3.05, 3.63) is 28.8 Å². The summed E-state index contributed by atoms with van der Waals surface area (Å²) >= 11 is 5.59. The van der Waals surface area contributed by atoms with Crippen LogP contribution in [0.3, 0.4) is 0 Å². The van der Waals surface area contributed by atoms with Crippen LogP contribution in [0, 0.1) is 11.3 Å². The number of nitrogens with one attached hydrogen (secondary N) is 1. The van der Waals surface area contributed by atoms with Crippen LogP contribution in [0.4, 0.5) is 18.9 Å². The van der Waals surface area contributed by atoms with Gasteiger partial charge in [-0.3, -0.25) is 9.59 Å². The zero-order chi connectivity index (χ0) is 19.1. The second-order valence-electron chi connectivity index (χ2n) is 7.23. The second-order valence-corrected chi connectivity index (χ2v) is 7.63. The summed E-state index contributed by atoms with van der Waals surface area (Å²) in [5.41, 5.74) is -2.18. The molecule has 1 atom stereocenters. The molecule has 1 saturated heterocycles. The fraction of sp³-hybridized carbons (Fsp3) is 0.556. The molecule has 1 aromatic carbocycles. The maximum atomic E-state index is 13.0. The van der Waals surface area contributed by atoms with Crippen LogP contribution in [-0.4, -0.2) is 29.8 Å². The number of alkyl halides is 3. The zero-order valence-electron chi connectivity index (χ0n) is 14.3. The molecule has 1 aliphatic carbocycles. The molecular weight excluding hydrogens is 369 g/mol. The number of amides is 2. The van der Waals surface area contributed by atoms with Gasteiger partial charge in [0.25, 0.3) is 0 Å². The van der Waals surface area contributed by atoms with Crippen LogP contribution >= 0.6 is 11.6 Å². The van der Waals surface area contributed by atoms with Crippen molar-refractivity contribution < 1.29 is 22.8 Å². The molecule has 1 unspecified atom stereocenters. The van der Waals surface area contributed by atoms with Crippen molar-refractivity contribution in [1.29, 1.82) is 0 Å². The summed E-state index contributed by atoms with van der Waals surface area (Å²) in [4.78, 5) is 27.2. The molecule has 0 aromatic heterocycles. The monoisotopic (exact) mass is 388 g/mol. The summed E-state index contributed by atoms with van der Waals surface area (Å²) in [7, 11) is 0. The van der Waals surface area contributed by atoms with Crippen molar-refractivity contribution >= 4 is 29.1 Å². The van der Waals surface area contributed by atoms with E-state index in [0.717, 1.165) is 25.0 Å². The number of anilines is 1. The van der Waals surface area contributed by atoms with Crippen molar-refractivity contribution in [3.63, 3.8) is 0 Å². The number of benzene rings is 1. The molecule has 8 heteroatoms. The Labute approximate surface area is 154 Å². The zero-order valence-corrected chi connectivity index (χ0v) is 15.1. The minimum absolute atomic E-state index is 0.0159. The Kier molecular flexibility index (Phi) is 4.94. The maximum Gasteiger partial charge on any atom is 0.417 e. The van der Waals surface area contributed by atoms with E-state index in [1.54, 1.807) is 4.90 Å². The van der Waals surface area contributed by atoms with Gasteiger partial charge in [-0.15, -0.1) is 0 Å². The van der Waals surface area contributed by atoms with Gasteiger partial charge in [-0.1, -0.05) is 18.5 Å². The Morgan fingerprint density at radius 3 is 2.58 bits per heavy atom. The summed E-state index contributed by atoms with van der Waals surface area (Å²) in [6, 6.07) is 3.19. The largest absolute Gasteiger partial charge is 0.417 e. The van der Waals surface area contributed by atoms with Crippen molar-refractivity contribution in [3.8, 4) is 0 Å². The SMILES string of the molecule is CC1CCCN(C(=O)C2(C(=O)Nc3ccc(Cl)c(C(F)(F)F)c3)CC2)C1. The third-order valence-electron chi connectivity index (χ3n) is 5.07. The van der Waals surface area contributed by atoms with E-state index in [0.29, 0.717) is 31.8 Å². The summed E-state index contributed by atoms with van der Waals surface area (Å²) in [6.45, 7) is 3.30. The molecule has 2 aliphatic rings. The van der Waals surface area contributed by atoms with Gasteiger partial charge in [0.05, 0.1) is 10.6 Å². The van der Waals surface area contributed by atoms with Gasteiger partial charge in [0, 0.05) is 18.8 Å². The van der Waals surface area contributed by atoms with E-state index in [1.807, 2.05) is 0 Å². The minimum atomic E-state index is -4.62. The van der Waals surface area contributed by atoms with Crippen LogP contribution in [0.1, 0.15) is 38.2 Å². The molecule has 1 saturated carbocycles. The highest BCUT2D eigenvalue weighted by Crippen LogP contribution is 2.49. The van der Waals surface area contributed by atoms with Gasteiger partial charge in [-0.25, -0.2) is 0 Å². The van der Waals surface area contributed by atoms with E-state index < -0.39 is 28.1 Å². The lowest BCUT2D eigenvalue weighted by Gasteiger charge is -2.33. The highest BCUT2D eigenvalue weighted by molar-refractivity contribution is 6.31. The molecule has 3 rings (SSSR count). The second kappa shape index (κ2) is 6.76. The fourth-order valence-corrected chi connectivity index (χ4v) is 3.64. The summed E-state index contributed by atoms with van der Waals surface area (Å²) in [5.74, 6) is -0.375. The number of carbonyl (C=O) groups excluding carboxylic acids is 2. The molecular formula is C18H20ClF3N2O2. The van der Waals surface area contributed by atoms with Crippen molar-refractivity contribution in [2.75, 3.05) is 18.4 Å². The van der Waals surface area contributed by atoms with Gasteiger partial charge in [-0.05, 0) is 49.8 Å². The Morgan fingerprint density at radius 1 is 1.31 bits per heavy atom. The standard InChI is InChI=1S/C18H20ClF3N2O2/c1-11-3-2-8-24(10-11)16(26)17(6-7-17)15(25)23-12-4-5-14(19)13(9-12)18(20,21)22/h4-5,9,11H,2-3,6-8,10H2,1H3,(H,23,25). The average Bonchev–Trinajstić information content (AvgIpc) is 3.37. The van der Waals surface area contributed by atoms with Crippen LogP contribution in [0.5, 0.6) is 0 Å². The molecule has 1 N–H and O–H groups in total. The van der Waals surface area contributed by atoms with E-state index in [4.69, 9.17) is 11.6 Å². The van der Waals surface area contributed by atoms with E-state index in [1.165, 1.54) is 6.07 Å². The number of nitrogens with zero attached hydrogens (tertiary/aromatic N) is 1. The van der Waals surface area contributed by atoms with E-state index in [2.05, 4.69) is 12.2 Å². The van der Waals surface area contributed by atoms with Gasteiger partial charge in [0.2, 0.25) is 11.8 Å². The minimum Gasteiger partial charge on any atom is -0.342 e. The van der Waals surface area contributed by atoms with Crippen LogP contribution in [0.2, 0.25) is 5.02 Å². The summed E-state index contributed by atoms with van der Waals surface area (Å²) in [5, 5.41) is 2.04. The topological polar surface area (TPSA) is 49.4 Å². The molecule has 0 bridgehead atoms. The third-order valence-corrected chi connectivity index (χ3v) is 5.40. The molecule has 2 amide bonds. The molecule has 2 fully saturated rings. The molecule has 0 radical (unpaired) electrons. The summed E-state index contributed by atoms with van der Waals surface area (Å²) < 4.78 is 38.9. The van der Waals surface area contributed by atoms with Gasteiger partial charge in [0.1, 0.15) is 5.41 Å². The number of carbonyl (C=O) groups is 2. The van der Waals surface area contributed by atoms with Gasteiger partial charge >= 0.3 is 6.18 Å². The van der Waals surface area contributed by atoms with Gasteiger partial charge in [0.15, 0.2) is 0 Å². The van der Waals surface area contributed by atoms with Crippen molar-refractivity contribution in [1.82, 2.24) is 4.90 Å². The molecule has 4 nitrogen and oxygen atoms in total. The van der Waals surface area contributed by atoms with E-state index in [9.17, 15) is 22.8 Å². The lowest BCUT2D eigenvalue weighted by atomic mass is 9.96. The van der Waals surface area contributed by atoms with Crippen LogP contribution < -0.4 is 5.32 Å². The lowest BCUT2D eigenvalue weighted by molar-refractivity contribution is -0.144. The highest BCUT2D eigenvalue weighted by atomic mass is 35.5. The molecule has 142 valence electrons. The first-order chi connectivity index (χ1) is 12.1. The third kappa shape index (κ3) is 3.68. The number of likely N-dealkylation sites (tertiary alicyclic amines) is 1. The quantitative estimate of drug-likeness (QED) is 0.783. The molecule has 1 aliphatic heterocycles. The Bertz CT molecular complexity index is 732. The Hall–Kier alpha value is -1.76. The highest BCUT2D eigenvalue weighted by Gasteiger charge is 2.58. The molecule has 1 heterocycles. The predicted octanol–water partition coefficient (Wildman–Crippen LogP) is 4.34. The van der Waals surface area contributed by atoms with Crippen LogP contribution in [-0.2, 0) is 15.8 Å². The maximum absolute atomic E-state index is 13.0.